The molecule has 1 aromatic heterocycles. The van der Waals surface area contributed by atoms with Gasteiger partial charge in [0.05, 0.1) is 0 Å². The van der Waals surface area contributed by atoms with Crippen LogP contribution in [0.2, 0.25) is 0 Å². The Hall–Kier alpha value is -2.07. The van der Waals surface area contributed by atoms with Crippen molar-refractivity contribution in [2.24, 2.45) is 0 Å². The number of nitrogens with zero attached hydrogens (tertiary/aromatic N) is 1. The lowest BCUT2D eigenvalue weighted by atomic mass is 9.98. The smallest absolute Gasteiger partial charge is 0.289 e. The SMILES string of the molecule is CCc1ccc(-c2ccc(C(=O)N(C)C3CC4CCC(C3)N4)o2)cc1. The number of benzene rings is 1. The molecule has 4 heteroatoms. The molecule has 2 bridgehead atoms. The van der Waals surface area contributed by atoms with E-state index < -0.39 is 0 Å². The Bertz CT molecular complexity index is 738. The van der Waals surface area contributed by atoms with E-state index in [-0.39, 0.29) is 5.91 Å². The van der Waals surface area contributed by atoms with Gasteiger partial charge in [-0.05, 0) is 49.8 Å². The number of carbonyl (C=O) groups excluding carboxylic acids is 1. The molecule has 3 heterocycles. The molecule has 4 rings (SSSR count). The van der Waals surface area contributed by atoms with Gasteiger partial charge in [-0.2, -0.15) is 0 Å². The first-order valence-corrected chi connectivity index (χ1v) is 9.36. The van der Waals surface area contributed by atoms with E-state index in [4.69, 9.17) is 4.42 Å². The maximum Gasteiger partial charge on any atom is 0.289 e. The van der Waals surface area contributed by atoms with Crippen LogP contribution >= 0.6 is 0 Å². The lowest BCUT2D eigenvalue weighted by Gasteiger charge is -2.35. The molecule has 25 heavy (non-hydrogen) atoms. The molecule has 2 atom stereocenters. The number of carbonyl (C=O) groups is 1. The molecular formula is C21H26N2O2. The van der Waals surface area contributed by atoms with Crippen LogP contribution in [0.25, 0.3) is 11.3 Å². The highest BCUT2D eigenvalue weighted by Gasteiger charge is 2.37. The Labute approximate surface area is 149 Å². The van der Waals surface area contributed by atoms with E-state index in [9.17, 15) is 4.79 Å². The summed E-state index contributed by atoms with van der Waals surface area (Å²) in [5.41, 5.74) is 2.31. The predicted octanol–water partition coefficient (Wildman–Crippen LogP) is 3.86. The van der Waals surface area contributed by atoms with Crippen molar-refractivity contribution in [3.05, 3.63) is 47.7 Å². The summed E-state index contributed by atoms with van der Waals surface area (Å²) < 4.78 is 5.88. The zero-order valence-corrected chi connectivity index (χ0v) is 15.0. The van der Waals surface area contributed by atoms with Gasteiger partial charge >= 0.3 is 0 Å². The monoisotopic (exact) mass is 338 g/mol. The number of piperidine rings is 1. The summed E-state index contributed by atoms with van der Waals surface area (Å²) in [6.45, 7) is 2.14. The molecule has 2 saturated heterocycles. The summed E-state index contributed by atoms with van der Waals surface area (Å²) in [6, 6.07) is 13.5. The first-order chi connectivity index (χ1) is 12.1. The van der Waals surface area contributed by atoms with Crippen molar-refractivity contribution in [1.29, 1.82) is 0 Å². The van der Waals surface area contributed by atoms with Crippen molar-refractivity contribution in [3.63, 3.8) is 0 Å². The molecule has 0 aliphatic carbocycles. The van der Waals surface area contributed by atoms with E-state index in [1.807, 2.05) is 18.0 Å². The van der Waals surface area contributed by atoms with Gasteiger partial charge in [-0.25, -0.2) is 0 Å². The van der Waals surface area contributed by atoms with E-state index >= 15 is 0 Å². The third-order valence-electron chi connectivity index (χ3n) is 5.78. The highest BCUT2D eigenvalue weighted by atomic mass is 16.4. The summed E-state index contributed by atoms with van der Waals surface area (Å²) >= 11 is 0. The van der Waals surface area contributed by atoms with Gasteiger partial charge in [0.25, 0.3) is 5.91 Å². The Morgan fingerprint density at radius 2 is 1.80 bits per heavy atom. The van der Waals surface area contributed by atoms with E-state index in [1.165, 1.54) is 18.4 Å². The number of nitrogens with one attached hydrogen (secondary N) is 1. The fourth-order valence-electron chi connectivity index (χ4n) is 4.20. The van der Waals surface area contributed by atoms with Gasteiger partial charge < -0.3 is 14.6 Å². The molecule has 132 valence electrons. The van der Waals surface area contributed by atoms with Gasteiger partial charge in [-0.1, -0.05) is 31.2 Å². The topological polar surface area (TPSA) is 45.5 Å². The van der Waals surface area contributed by atoms with E-state index in [0.29, 0.717) is 23.9 Å². The van der Waals surface area contributed by atoms with Gasteiger partial charge in [0, 0.05) is 30.7 Å². The first-order valence-electron chi connectivity index (χ1n) is 9.36. The van der Waals surface area contributed by atoms with Crippen LogP contribution < -0.4 is 5.32 Å². The van der Waals surface area contributed by atoms with Crippen molar-refractivity contribution < 1.29 is 9.21 Å². The molecule has 2 aliphatic heterocycles. The lowest BCUT2D eigenvalue weighted by Crippen LogP contribution is -2.48. The van der Waals surface area contributed by atoms with Gasteiger partial charge in [0.2, 0.25) is 0 Å². The average Bonchev–Trinajstić information content (AvgIpc) is 3.27. The van der Waals surface area contributed by atoms with E-state index in [2.05, 4.69) is 36.5 Å². The second-order valence-electron chi connectivity index (χ2n) is 7.39. The second-order valence-corrected chi connectivity index (χ2v) is 7.39. The molecule has 1 aromatic carbocycles. The van der Waals surface area contributed by atoms with Gasteiger partial charge in [-0.15, -0.1) is 0 Å². The van der Waals surface area contributed by atoms with Crippen LogP contribution in [-0.4, -0.2) is 36.0 Å². The Balaban J connectivity index is 1.48. The minimum absolute atomic E-state index is 0.0114. The van der Waals surface area contributed by atoms with Crippen molar-refractivity contribution >= 4 is 5.91 Å². The van der Waals surface area contributed by atoms with E-state index in [0.717, 1.165) is 30.6 Å². The van der Waals surface area contributed by atoms with Crippen LogP contribution in [0.3, 0.4) is 0 Å². The molecule has 2 unspecified atom stereocenters. The summed E-state index contributed by atoms with van der Waals surface area (Å²) in [6.07, 6.45) is 5.59. The normalized spacial score (nSPS) is 25.1. The molecule has 2 aromatic rings. The van der Waals surface area contributed by atoms with Crippen LogP contribution in [0.5, 0.6) is 0 Å². The fraction of sp³-hybridized carbons (Fsp3) is 0.476. The zero-order chi connectivity index (χ0) is 17.4. The molecule has 4 nitrogen and oxygen atoms in total. The summed E-state index contributed by atoms with van der Waals surface area (Å²) in [5.74, 6) is 1.18. The molecule has 0 radical (unpaired) electrons. The minimum atomic E-state index is -0.0114. The highest BCUT2D eigenvalue weighted by Crippen LogP contribution is 2.30. The minimum Gasteiger partial charge on any atom is -0.451 e. The summed E-state index contributed by atoms with van der Waals surface area (Å²) in [7, 11) is 1.91. The van der Waals surface area contributed by atoms with Crippen molar-refractivity contribution in [2.45, 2.75) is 57.2 Å². The van der Waals surface area contributed by atoms with Crippen molar-refractivity contribution in [3.8, 4) is 11.3 Å². The average molecular weight is 338 g/mol. The lowest BCUT2D eigenvalue weighted by molar-refractivity contribution is 0.0650. The maximum absolute atomic E-state index is 12.8. The van der Waals surface area contributed by atoms with Crippen molar-refractivity contribution in [2.75, 3.05) is 7.05 Å². The van der Waals surface area contributed by atoms with Crippen LogP contribution in [-0.2, 0) is 6.42 Å². The van der Waals surface area contributed by atoms with Crippen LogP contribution in [0.1, 0.15) is 48.7 Å². The molecule has 2 fully saturated rings. The number of hydrogen-bond donors (Lipinski definition) is 1. The first kappa shape index (κ1) is 16.4. The number of amides is 1. The fourth-order valence-corrected chi connectivity index (χ4v) is 4.20. The van der Waals surface area contributed by atoms with Gasteiger partial charge in [-0.3, -0.25) is 4.79 Å². The summed E-state index contributed by atoms with van der Waals surface area (Å²) in [5, 5.41) is 3.63. The zero-order valence-electron chi connectivity index (χ0n) is 15.0. The largest absolute Gasteiger partial charge is 0.451 e. The predicted molar refractivity (Wildman–Crippen MR) is 98.6 cm³/mol. The maximum atomic E-state index is 12.8. The van der Waals surface area contributed by atoms with E-state index in [1.54, 1.807) is 6.07 Å². The number of hydrogen-bond acceptors (Lipinski definition) is 3. The number of rotatable bonds is 4. The molecule has 1 N–H and O–H groups in total. The Morgan fingerprint density at radius 1 is 1.12 bits per heavy atom. The van der Waals surface area contributed by atoms with Crippen LogP contribution in [0, 0.1) is 0 Å². The van der Waals surface area contributed by atoms with Gasteiger partial charge in [0.15, 0.2) is 5.76 Å². The second kappa shape index (κ2) is 6.68. The molecule has 1 amide bonds. The Morgan fingerprint density at radius 3 is 2.44 bits per heavy atom. The molecule has 0 spiro atoms. The number of aryl methyl sites for hydroxylation is 1. The third-order valence-corrected chi connectivity index (χ3v) is 5.78. The standard InChI is InChI=1S/C21H26N2O2/c1-3-14-4-6-15(7-5-14)19-10-11-20(25-19)21(24)23(2)18-12-16-8-9-17(13-18)22-16/h4-7,10-11,16-18,22H,3,8-9,12-13H2,1-2H3. The molecular weight excluding hydrogens is 312 g/mol. The summed E-state index contributed by atoms with van der Waals surface area (Å²) in [4.78, 5) is 14.7. The van der Waals surface area contributed by atoms with Crippen LogP contribution in [0.4, 0.5) is 0 Å². The molecule has 2 aliphatic rings. The van der Waals surface area contributed by atoms with Gasteiger partial charge in [0.1, 0.15) is 5.76 Å². The third kappa shape index (κ3) is 3.23. The number of fused-ring (bicyclic) bond motifs is 2. The molecule has 0 saturated carbocycles. The quantitative estimate of drug-likeness (QED) is 0.920. The highest BCUT2D eigenvalue weighted by molar-refractivity contribution is 5.92. The van der Waals surface area contributed by atoms with Crippen molar-refractivity contribution in [1.82, 2.24) is 10.2 Å². The van der Waals surface area contributed by atoms with Crippen LogP contribution in [0.15, 0.2) is 40.8 Å². The Kier molecular flexibility index (Phi) is 4.38. The number of furan rings is 1.